The predicted molar refractivity (Wildman–Crippen MR) is 218 cm³/mol. The molecule has 6 rings (SSSR count). The molecule has 3 N–H and O–H groups in total. The Morgan fingerprint density at radius 3 is 2.09 bits per heavy atom. The maximum Gasteiger partial charge on any atom is 0.407 e. The van der Waals surface area contributed by atoms with Crippen LogP contribution in [0.3, 0.4) is 0 Å². The molecule has 1 saturated heterocycles. The molecular formula is C46H73N3O8. The standard InChI is InChI=1S/C46H73N3O8/c1-27(2)35-30(50)25-46(48-38(54)49-23-17-28(18-24-49)47-39(55)57-40(3,4)5)22-21-44(11)29(36(35)46)13-14-32-43(10)19-16-33(56-34(51)26-41(6,7)37(52)53)42(8,9)31(43)15-20-45(32,44)12/h27-29,31-33H,13-26H2,1-12H3,(H,47,55)(H,48,54)(H,52,53)/t29?,31?,32?,33-,43-,44+,45+,46+/m0/s1. The maximum absolute atomic E-state index is 14.2. The lowest BCUT2D eigenvalue weighted by molar-refractivity contribution is -0.232. The molecule has 1 aliphatic heterocycles. The number of carboxylic acids is 1. The van der Waals surface area contributed by atoms with Gasteiger partial charge in [0.05, 0.1) is 17.4 Å². The summed E-state index contributed by atoms with van der Waals surface area (Å²) in [6.45, 7) is 26.0. The predicted octanol–water partition coefficient (Wildman–Crippen LogP) is 8.83. The number of carbonyl (C=O) groups is 5. The fourth-order valence-corrected chi connectivity index (χ4v) is 13.6. The van der Waals surface area contributed by atoms with E-state index in [9.17, 15) is 29.1 Å². The van der Waals surface area contributed by atoms with E-state index in [2.05, 4.69) is 59.1 Å². The van der Waals surface area contributed by atoms with Gasteiger partial charge in [0.1, 0.15) is 11.7 Å². The number of nitrogens with one attached hydrogen (secondary N) is 2. The molecule has 57 heavy (non-hydrogen) atoms. The maximum atomic E-state index is 14.2. The van der Waals surface area contributed by atoms with E-state index in [1.807, 2.05) is 25.7 Å². The molecule has 3 unspecified atom stereocenters. The van der Waals surface area contributed by atoms with Gasteiger partial charge < -0.3 is 30.1 Å². The second kappa shape index (κ2) is 14.6. The van der Waals surface area contributed by atoms with Crippen molar-refractivity contribution in [3.05, 3.63) is 11.1 Å². The van der Waals surface area contributed by atoms with Gasteiger partial charge in [-0.15, -0.1) is 0 Å². The Morgan fingerprint density at radius 1 is 0.842 bits per heavy atom. The first-order chi connectivity index (χ1) is 26.2. The first kappa shape index (κ1) is 43.5. The van der Waals surface area contributed by atoms with Crippen LogP contribution in [0.4, 0.5) is 9.59 Å². The van der Waals surface area contributed by atoms with Crippen LogP contribution in [0.2, 0.25) is 0 Å². The molecular weight excluding hydrogens is 723 g/mol. The Morgan fingerprint density at radius 2 is 1.49 bits per heavy atom. The van der Waals surface area contributed by atoms with Crippen molar-refractivity contribution in [2.24, 2.45) is 50.7 Å². The molecule has 0 radical (unpaired) electrons. The van der Waals surface area contributed by atoms with Crippen molar-refractivity contribution in [3.63, 3.8) is 0 Å². The summed E-state index contributed by atoms with van der Waals surface area (Å²) >= 11 is 0. The summed E-state index contributed by atoms with van der Waals surface area (Å²) in [4.78, 5) is 67.5. The summed E-state index contributed by atoms with van der Waals surface area (Å²) in [5.41, 5.74) is -0.611. The molecule has 5 aliphatic carbocycles. The van der Waals surface area contributed by atoms with Crippen molar-refractivity contribution in [2.75, 3.05) is 13.1 Å². The van der Waals surface area contributed by atoms with Crippen molar-refractivity contribution in [1.29, 1.82) is 0 Å². The van der Waals surface area contributed by atoms with E-state index >= 15 is 0 Å². The van der Waals surface area contributed by atoms with Crippen molar-refractivity contribution >= 4 is 29.8 Å². The lowest BCUT2D eigenvalue weighted by atomic mass is 9.33. The zero-order valence-corrected chi connectivity index (χ0v) is 37.1. The molecule has 0 bridgehead atoms. The monoisotopic (exact) mass is 796 g/mol. The molecule has 6 aliphatic rings. The number of hydrogen-bond donors (Lipinski definition) is 3. The normalized spacial score (nSPS) is 36.7. The number of ether oxygens (including phenoxy) is 2. The van der Waals surface area contributed by atoms with E-state index in [0.717, 1.165) is 56.9 Å². The number of Topliss-reactive ketones (excluding diaryl/α,β-unsaturated/α-hetero) is 1. The Balaban J connectivity index is 1.21. The lowest BCUT2D eigenvalue weighted by Crippen LogP contribution is -2.67. The molecule has 0 aromatic rings. The van der Waals surface area contributed by atoms with Crippen molar-refractivity contribution in [3.8, 4) is 0 Å². The quantitative estimate of drug-likeness (QED) is 0.216. The van der Waals surface area contributed by atoms with Gasteiger partial charge in [-0.2, -0.15) is 0 Å². The van der Waals surface area contributed by atoms with Crippen LogP contribution in [-0.2, 0) is 23.9 Å². The van der Waals surface area contributed by atoms with Crippen LogP contribution < -0.4 is 10.6 Å². The summed E-state index contributed by atoms with van der Waals surface area (Å²) in [6.07, 6.45) is 8.20. The highest BCUT2D eigenvalue weighted by atomic mass is 16.6. The number of amides is 3. The number of urea groups is 1. The van der Waals surface area contributed by atoms with Crippen molar-refractivity contribution < 1.29 is 38.6 Å². The Bertz CT molecular complexity index is 1690. The van der Waals surface area contributed by atoms with E-state index in [4.69, 9.17) is 9.47 Å². The average molecular weight is 796 g/mol. The number of carboxylic acid groups (broad SMARTS) is 1. The molecule has 11 nitrogen and oxygen atoms in total. The Labute approximate surface area is 341 Å². The van der Waals surface area contributed by atoms with E-state index in [1.165, 1.54) is 5.57 Å². The van der Waals surface area contributed by atoms with Gasteiger partial charge in [0.25, 0.3) is 0 Å². The molecule has 320 valence electrons. The number of piperidine rings is 1. The smallest absolute Gasteiger partial charge is 0.407 e. The number of fused-ring (bicyclic) bond motifs is 7. The second-order valence-corrected chi connectivity index (χ2v) is 22.3. The minimum Gasteiger partial charge on any atom is -0.481 e. The van der Waals surface area contributed by atoms with Gasteiger partial charge in [-0.1, -0.05) is 48.5 Å². The summed E-state index contributed by atoms with van der Waals surface area (Å²) in [7, 11) is 0. The number of allylic oxidation sites excluding steroid dienone is 1. The molecule has 11 heteroatoms. The number of rotatable bonds is 7. The minimum absolute atomic E-state index is 0.00614. The van der Waals surface area contributed by atoms with Crippen LogP contribution in [0.5, 0.6) is 0 Å². The number of carbonyl (C=O) groups excluding carboxylic acids is 4. The fraction of sp³-hybridized carbons (Fsp3) is 0.848. The van der Waals surface area contributed by atoms with E-state index < -0.39 is 34.6 Å². The second-order valence-electron chi connectivity index (χ2n) is 22.3. The summed E-state index contributed by atoms with van der Waals surface area (Å²) in [5.74, 6) is -0.233. The van der Waals surface area contributed by atoms with Crippen molar-refractivity contribution in [1.82, 2.24) is 15.5 Å². The zero-order chi connectivity index (χ0) is 42.3. The molecule has 1 heterocycles. The number of hydrogen-bond acceptors (Lipinski definition) is 7. The number of ketones is 1. The highest BCUT2D eigenvalue weighted by Gasteiger charge is 2.70. The molecule has 0 spiro atoms. The van der Waals surface area contributed by atoms with Crippen LogP contribution >= 0.6 is 0 Å². The number of aliphatic carboxylic acids is 1. The van der Waals surface area contributed by atoms with Crippen LogP contribution in [0.15, 0.2) is 11.1 Å². The van der Waals surface area contributed by atoms with Crippen LogP contribution in [0.1, 0.15) is 160 Å². The average Bonchev–Trinajstić information content (AvgIpc) is 3.37. The highest BCUT2D eigenvalue weighted by molar-refractivity contribution is 6.02. The third-order valence-electron chi connectivity index (χ3n) is 16.7. The first-order valence-corrected chi connectivity index (χ1v) is 22.0. The van der Waals surface area contributed by atoms with Gasteiger partial charge in [-0.05, 0) is 150 Å². The number of nitrogens with zero attached hydrogens (tertiary/aromatic N) is 1. The minimum atomic E-state index is -1.18. The van der Waals surface area contributed by atoms with Crippen LogP contribution in [0, 0.1) is 50.7 Å². The largest absolute Gasteiger partial charge is 0.481 e. The first-order valence-electron chi connectivity index (χ1n) is 22.0. The summed E-state index contributed by atoms with van der Waals surface area (Å²) in [5, 5.41) is 16.1. The van der Waals surface area contributed by atoms with Gasteiger partial charge in [0, 0.05) is 31.0 Å². The van der Waals surface area contributed by atoms with Crippen molar-refractivity contribution in [2.45, 2.75) is 183 Å². The van der Waals surface area contributed by atoms with Crippen LogP contribution in [-0.4, -0.2) is 76.2 Å². The molecule has 4 saturated carbocycles. The van der Waals surface area contributed by atoms with Gasteiger partial charge in [0.15, 0.2) is 5.78 Å². The fourth-order valence-electron chi connectivity index (χ4n) is 13.6. The van der Waals surface area contributed by atoms with Gasteiger partial charge in [-0.25, -0.2) is 9.59 Å². The van der Waals surface area contributed by atoms with E-state index in [0.29, 0.717) is 44.2 Å². The Hall–Kier alpha value is -3.11. The van der Waals surface area contributed by atoms with Crippen LogP contribution in [0.25, 0.3) is 0 Å². The third kappa shape index (κ3) is 7.42. The SMILES string of the molecule is CC(C)C1=C2C3CCC4[C@@]5(C)CC[C@H](OC(=O)CC(C)(C)C(=O)O)C(C)(C)C5CC[C@@]4(C)[C@]3(C)CC[C@@]2(NC(=O)N2CCC(NC(=O)OC(C)(C)C)CC2)CC1=O. The van der Waals surface area contributed by atoms with Gasteiger partial charge in [-0.3, -0.25) is 14.4 Å². The summed E-state index contributed by atoms with van der Waals surface area (Å²) in [6, 6.07) is -0.183. The van der Waals surface area contributed by atoms with E-state index in [1.54, 1.807) is 13.8 Å². The number of esters is 1. The molecule has 8 atom stereocenters. The Kier molecular flexibility index (Phi) is 11.1. The summed E-state index contributed by atoms with van der Waals surface area (Å²) < 4.78 is 11.6. The van der Waals surface area contributed by atoms with E-state index in [-0.39, 0.29) is 63.9 Å². The number of alkyl carbamates (subject to hydrolysis) is 1. The topological polar surface area (TPSA) is 151 Å². The lowest BCUT2D eigenvalue weighted by Gasteiger charge is -2.72. The highest BCUT2D eigenvalue weighted by Crippen LogP contribution is 2.76. The molecule has 3 amide bonds. The number of likely N-dealkylation sites (tertiary alicyclic amines) is 1. The zero-order valence-electron chi connectivity index (χ0n) is 37.1. The third-order valence-corrected chi connectivity index (χ3v) is 16.7. The molecule has 0 aromatic carbocycles. The van der Waals surface area contributed by atoms with Gasteiger partial charge in [0.2, 0.25) is 0 Å². The van der Waals surface area contributed by atoms with Gasteiger partial charge >= 0.3 is 24.1 Å². The molecule has 0 aromatic heterocycles. The molecule has 5 fully saturated rings.